The number of benzene rings is 4. The van der Waals surface area contributed by atoms with Crippen molar-refractivity contribution in [2.75, 3.05) is 39.7 Å². The molecule has 23 heteroatoms. The predicted molar refractivity (Wildman–Crippen MR) is 213 cm³/mol. The highest BCUT2D eigenvalue weighted by Crippen LogP contribution is 2.34. The molecule has 23 nitrogen and oxygen atoms in total. The molecule has 1 heterocycles. The number of aromatic carboxylic acids is 2. The lowest BCUT2D eigenvalue weighted by atomic mass is 10.1. The number of azo groups is 2. The van der Waals surface area contributed by atoms with Crippen LogP contribution in [0.5, 0.6) is 0 Å². The maximum Gasteiger partial charge on any atom is 0.335 e. The van der Waals surface area contributed by atoms with Crippen LogP contribution in [0.4, 0.5) is 63.3 Å². The third kappa shape index (κ3) is 12.6. The summed E-state index contributed by atoms with van der Waals surface area (Å²) in [6.45, 7) is 2.12. The molecule has 60 heavy (non-hydrogen) atoms. The number of hydrogen-bond acceptors (Lipinski definition) is 19. The summed E-state index contributed by atoms with van der Waals surface area (Å²) in [5.74, 6) is -3.48. The van der Waals surface area contributed by atoms with Crippen LogP contribution in [0.15, 0.2) is 93.3 Å². The fraction of sp³-hybridized carbons (Fsp3) is 0.162. The van der Waals surface area contributed by atoms with Gasteiger partial charge in [0.25, 0.3) is 0 Å². The molecule has 0 spiro atoms. The number of carboxylic acid groups (broad SMARTS) is 2. The number of amides is 2. The number of carbonyl (C=O) groups excluding carboxylic acids is 2. The molecule has 2 amide bonds. The van der Waals surface area contributed by atoms with Gasteiger partial charge in [-0.2, -0.15) is 25.2 Å². The van der Waals surface area contributed by atoms with Crippen LogP contribution in [-0.4, -0.2) is 77.7 Å². The highest BCUT2D eigenvalue weighted by atomic mass is 17.1. The van der Waals surface area contributed by atoms with E-state index in [9.17, 15) is 34.5 Å². The first kappa shape index (κ1) is 43.3. The minimum absolute atomic E-state index is 0.00933. The van der Waals surface area contributed by atoms with E-state index in [1.54, 1.807) is 42.5 Å². The number of rotatable bonds is 19. The second kappa shape index (κ2) is 20.5. The molecule has 0 atom stereocenters. The smallest absolute Gasteiger partial charge is 0.335 e. The van der Waals surface area contributed by atoms with Crippen LogP contribution < -0.4 is 26.6 Å². The fourth-order valence-electron chi connectivity index (χ4n) is 5.23. The first-order chi connectivity index (χ1) is 28.8. The van der Waals surface area contributed by atoms with Crippen molar-refractivity contribution in [2.45, 2.75) is 27.1 Å². The van der Waals surface area contributed by atoms with E-state index in [1.165, 1.54) is 26.0 Å². The van der Waals surface area contributed by atoms with Crippen LogP contribution in [0.25, 0.3) is 0 Å². The average molecular weight is 825 g/mol. The van der Waals surface area contributed by atoms with Crippen LogP contribution in [0.3, 0.4) is 0 Å². The van der Waals surface area contributed by atoms with Gasteiger partial charge in [-0.25, -0.2) is 19.4 Å². The van der Waals surface area contributed by atoms with Gasteiger partial charge in [-0.3, -0.25) is 20.1 Å². The quantitative estimate of drug-likeness (QED) is 0.0230. The molecule has 0 aliphatic rings. The number of hydrogen-bond donors (Lipinski definition) is 10. The Morgan fingerprint density at radius 1 is 0.600 bits per heavy atom. The van der Waals surface area contributed by atoms with Gasteiger partial charge in [-0.1, -0.05) is 6.07 Å². The van der Waals surface area contributed by atoms with Crippen LogP contribution in [0, 0.1) is 0 Å². The van der Waals surface area contributed by atoms with Crippen molar-refractivity contribution in [1.82, 2.24) is 15.0 Å². The predicted octanol–water partition coefficient (Wildman–Crippen LogP) is 6.89. The zero-order valence-corrected chi connectivity index (χ0v) is 31.6. The van der Waals surface area contributed by atoms with Gasteiger partial charge in [-0.05, 0) is 77.9 Å². The van der Waals surface area contributed by atoms with Gasteiger partial charge in [0.2, 0.25) is 29.7 Å². The molecule has 5 aromatic rings. The summed E-state index contributed by atoms with van der Waals surface area (Å²) in [7, 11) is 0. The van der Waals surface area contributed by atoms with Crippen LogP contribution in [0.2, 0.25) is 0 Å². The van der Waals surface area contributed by atoms with E-state index in [0.717, 1.165) is 18.2 Å². The molecule has 0 bridgehead atoms. The Labute approximate surface area is 338 Å². The van der Waals surface area contributed by atoms with Crippen LogP contribution in [-0.2, 0) is 32.6 Å². The highest BCUT2D eigenvalue weighted by Gasteiger charge is 2.14. The van der Waals surface area contributed by atoms with Crippen molar-refractivity contribution in [3.05, 3.63) is 95.1 Å². The number of aliphatic hydroxyl groups is 1. The largest absolute Gasteiger partial charge is 0.478 e. The number of nitrogens with one attached hydrogen (secondary N) is 5. The van der Waals surface area contributed by atoms with E-state index in [1.807, 2.05) is 0 Å². The summed E-state index contributed by atoms with van der Waals surface area (Å²) in [4.78, 5) is 68.9. The molecular weight excluding hydrogens is 788 g/mol. The van der Waals surface area contributed by atoms with Gasteiger partial charge in [0.05, 0.1) is 40.5 Å². The third-order valence-electron chi connectivity index (χ3n) is 7.61. The maximum absolute atomic E-state index is 12.2. The van der Waals surface area contributed by atoms with Crippen LogP contribution >= 0.6 is 0 Å². The molecule has 0 saturated heterocycles. The minimum atomic E-state index is -1.36. The first-order valence-electron chi connectivity index (χ1n) is 17.4. The average Bonchev–Trinajstić information content (AvgIpc) is 3.19. The zero-order chi connectivity index (χ0) is 43.2. The zero-order valence-electron chi connectivity index (χ0n) is 31.6. The molecule has 0 aliphatic carbocycles. The van der Waals surface area contributed by atoms with Crippen molar-refractivity contribution in [2.24, 2.45) is 20.5 Å². The Morgan fingerprint density at radius 3 is 1.47 bits per heavy atom. The van der Waals surface area contributed by atoms with Crippen molar-refractivity contribution in [3.63, 3.8) is 0 Å². The maximum atomic E-state index is 12.2. The summed E-state index contributed by atoms with van der Waals surface area (Å²) < 4.78 is 0. The van der Waals surface area contributed by atoms with E-state index in [2.05, 4.69) is 71.8 Å². The van der Waals surface area contributed by atoms with Crippen molar-refractivity contribution in [3.8, 4) is 0 Å². The third-order valence-corrected chi connectivity index (χ3v) is 7.61. The van der Waals surface area contributed by atoms with Gasteiger partial charge in [0, 0.05) is 31.8 Å². The SMILES string of the molecule is CC(=O)Nc1cc(Nc2nc(NCCO)nc(Nc3ccc(N=Nc4cc(C(=O)O)cc(C(=O)O)c4)c(NC(C)=O)c3)n2)ccc1N=Nc1cc(COO)cc(COO)c1. The lowest BCUT2D eigenvalue weighted by Crippen LogP contribution is -2.12. The van der Waals surface area contributed by atoms with Gasteiger partial charge < -0.3 is 41.9 Å². The molecule has 0 fully saturated rings. The number of anilines is 7. The Bertz CT molecular complexity index is 2410. The van der Waals surface area contributed by atoms with Crippen molar-refractivity contribution in [1.29, 1.82) is 0 Å². The molecule has 0 saturated carbocycles. The summed E-state index contributed by atoms with van der Waals surface area (Å²) in [5.41, 5.74) is 2.30. The number of carbonyl (C=O) groups is 4. The molecule has 4 aromatic carbocycles. The lowest BCUT2D eigenvalue weighted by Gasteiger charge is -2.13. The molecular formula is C37H36N12O11. The van der Waals surface area contributed by atoms with Gasteiger partial charge in [0.1, 0.15) is 24.6 Å². The normalized spacial score (nSPS) is 11.1. The number of carboxylic acids is 2. The van der Waals surface area contributed by atoms with Crippen LogP contribution in [0.1, 0.15) is 45.7 Å². The molecule has 5 rings (SSSR count). The second-order valence-electron chi connectivity index (χ2n) is 12.4. The van der Waals surface area contributed by atoms with E-state index >= 15 is 0 Å². The topological polar surface area (TPSA) is 336 Å². The van der Waals surface area contributed by atoms with Crippen molar-refractivity contribution >= 4 is 87.1 Å². The van der Waals surface area contributed by atoms with Gasteiger partial charge >= 0.3 is 11.9 Å². The fourth-order valence-corrected chi connectivity index (χ4v) is 5.23. The summed E-state index contributed by atoms with van der Waals surface area (Å²) in [5, 5.41) is 76.9. The molecule has 0 unspecified atom stereocenters. The Kier molecular flexibility index (Phi) is 14.8. The standard InChI is InChI=1S/C37H36N12O11/c1-19(51)39-31-15-25(3-5-29(31)48-46-27-10-21(17-59-57)9-22(11-27)18-60-58)41-36-43-35(38-7-8-50)44-37(45-36)42-26-4-6-30(32(16-26)40-20(2)52)49-47-28-13-23(33(53)54)12-24(14-28)34(55)56/h3-6,9-16,50,57-58H,7-8,17-18H2,1-2H3,(H,39,51)(H,40,52)(H,53,54)(H,55,56)(H3,38,41,42,43,44,45). The Morgan fingerprint density at radius 2 is 1.05 bits per heavy atom. The Hall–Kier alpha value is -7.83. The monoisotopic (exact) mass is 824 g/mol. The lowest BCUT2D eigenvalue weighted by molar-refractivity contribution is -0.254. The highest BCUT2D eigenvalue weighted by molar-refractivity contribution is 5.96. The van der Waals surface area contributed by atoms with E-state index in [-0.39, 0.29) is 83.8 Å². The molecule has 0 aliphatic heterocycles. The molecule has 0 radical (unpaired) electrons. The number of aromatic nitrogens is 3. The molecule has 310 valence electrons. The van der Waals surface area contributed by atoms with E-state index in [0.29, 0.717) is 28.2 Å². The molecule has 1 aromatic heterocycles. The number of aliphatic hydroxyl groups excluding tert-OH is 1. The summed E-state index contributed by atoms with van der Waals surface area (Å²) in [6.07, 6.45) is 0. The van der Waals surface area contributed by atoms with Gasteiger partial charge in [0.15, 0.2) is 0 Å². The van der Waals surface area contributed by atoms with E-state index < -0.39 is 23.8 Å². The first-order valence-corrected chi connectivity index (χ1v) is 17.4. The van der Waals surface area contributed by atoms with Gasteiger partial charge in [-0.15, -0.1) is 10.2 Å². The Balaban J connectivity index is 1.43. The van der Waals surface area contributed by atoms with E-state index in [4.69, 9.17) is 10.5 Å². The number of nitrogens with zero attached hydrogens (tertiary/aromatic N) is 7. The minimum Gasteiger partial charge on any atom is -0.478 e. The summed E-state index contributed by atoms with van der Waals surface area (Å²) >= 11 is 0. The summed E-state index contributed by atoms with van der Waals surface area (Å²) in [6, 6.07) is 17.4. The second-order valence-corrected chi connectivity index (χ2v) is 12.4. The molecule has 10 N–H and O–H groups in total. The van der Waals surface area contributed by atoms with Crippen molar-refractivity contribution < 1.29 is 54.8 Å².